The fourth-order valence-electron chi connectivity index (χ4n) is 3.59. The molecule has 0 bridgehead atoms. The van der Waals surface area contributed by atoms with Gasteiger partial charge >= 0.3 is 0 Å². The Bertz CT molecular complexity index is 884. The Hall–Kier alpha value is -2.66. The van der Waals surface area contributed by atoms with E-state index < -0.39 is 0 Å². The zero-order valence-corrected chi connectivity index (χ0v) is 15.0. The predicted octanol–water partition coefficient (Wildman–Crippen LogP) is 2.67. The zero-order valence-electron chi connectivity index (χ0n) is 15.0. The summed E-state index contributed by atoms with van der Waals surface area (Å²) in [6.07, 6.45) is 1.71. The molecule has 1 amide bonds. The van der Waals surface area contributed by atoms with E-state index in [1.54, 1.807) is 0 Å². The Kier molecular flexibility index (Phi) is 4.71. The number of aromatic nitrogens is 2. The molecule has 1 aliphatic rings. The standard InChI is InChI=1S/C21H24N4O/c1-15(25-13-11-16-6-2-3-7-17(16)14-25)21(26)22-12-10-20-23-18-8-4-5-9-19(18)24-20/h2-9,15H,10-14H2,1H3,(H,22,26)(H,23,24)/t15-/m0/s1. The number of benzene rings is 2. The largest absolute Gasteiger partial charge is 0.354 e. The molecule has 3 aromatic rings. The Balaban J connectivity index is 1.30. The van der Waals surface area contributed by atoms with Crippen LogP contribution in [0.1, 0.15) is 23.9 Å². The van der Waals surface area contributed by atoms with Crippen molar-refractivity contribution in [1.29, 1.82) is 0 Å². The third-order valence-corrected chi connectivity index (χ3v) is 5.19. The first-order valence-corrected chi connectivity index (χ1v) is 9.23. The first-order chi connectivity index (χ1) is 12.7. The summed E-state index contributed by atoms with van der Waals surface area (Å²) in [5.74, 6) is 0.992. The molecular weight excluding hydrogens is 324 g/mol. The molecule has 1 atom stereocenters. The quantitative estimate of drug-likeness (QED) is 0.745. The van der Waals surface area contributed by atoms with Gasteiger partial charge in [-0.15, -0.1) is 0 Å². The Morgan fingerprint density at radius 2 is 1.96 bits per heavy atom. The number of nitrogens with one attached hydrogen (secondary N) is 2. The van der Waals surface area contributed by atoms with Crippen molar-refractivity contribution < 1.29 is 4.79 Å². The number of hydrogen-bond donors (Lipinski definition) is 2. The summed E-state index contributed by atoms with van der Waals surface area (Å²) in [6.45, 7) is 4.35. The second-order valence-electron chi connectivity index (χ2n) is 6.91. The van der Waals surface area contributed by atoms with Gasteiger partial charge in [0.1, 0.15) is 5.82 Å². The van der Waals surface area contributed by atoms with Crippen LogP contribution in [0.2, 0.25) is 0 Å². The number of nitrogens with zero attached hydrogens (tertiary/aromatic N) is 2. The molecule has 0 unspecified atom stereocenters. The maximum atomic E-state index is 12.5. The van der Waals surface area contributed by atoms with Crippen LogP contribution in [0.4, 0.5) is 0 Å². The van der Waals surface area contributed by atoms with Gasteiger partial charge in [0.2, 0.25) is 5.91 Å². The third kappa shape index (κ3) is 3.48. The highest BCUT2D eigenvalue weighted by atomic mass is 16.2. The molecule has 5 nitrogen and oxygen atoms in total. The minimum absolute atomic E-state index is 0.0838. The highest BCUT2D eigenvalue weighted by Crippen LogP contribution is 2.20. The topological polar surface area (TPSA) is 61.0 Å². The fourth-order valence-corrected chi connectivity index (χ4v) is 3.59. The van der Waals surface area contributed by atoms with Gasteiger partial charge in [-0.2, -0.15) is 0 Å². The summed E-state index contributed by atoms with van der Waals surface area (Å²) in [7, 11) is 0. The van der Waals surface area contributed by atoms with Crippen molar-refractivity contribution in [2.75, 3.05) is 13.1 Å². The molecule has 2 N–H and O–H groups in total. The number of carbonyl (C=O) groups is 1. The molecule has 0 aliphatic carbocycles. The Morgan fingerprint density at radius 1 is 1.19 bits per heavy atom. The van der Waals surface area contributed by atoms with Crippen molar-refractivity contribution >= 4 is 16.9 Å². The number of hydrogen-bond acceptors (Lipinski definition) is 3. The van der Waals surface area contributed by atoms with E-state index in [0.717, 1.165) is 36.4 Å². The molecule has 0 radical (unpaired) electrons. The summed E-state index contributed by atoms with van der Waals surface area (Å²) in [5, 5.41) is 3.06. The van der Waals surface area contributed by atoms with Gasteiger partial charge in [-0.3, -0.25) is 9.69 Å². The molecule has 0 spiro atoms. The van der Waals surface area contributed by atoms with E-state index in [0.29, 0.717) is 13.0 Å². The van der Waals surface area contributed by atoms with Crippen LogP contribution in [0.3, 0.4) is 0 Å². The average molecular weight is 348 g/mol. The third-order valence-electron chi connectivity index (χ3n) is 5.19. The molecular formula is C21H24N4O. The van der Waals surface area contributed by atoms with Gasteiger partial charge in [0.05, 0.1) is 17.1 Å². The van der Waals surface area contributed by atoms with E-state index in [2.05, 4.69) is 44.5 Å². The van der Waals surface area contributed by atoms with Crippen molar-refractivity contribution in [3.8, 4) is 0 Å². The van der Waals surface area contributed by atoms with Crippen molar-refractivity contribution in [3.63, 3.8) is 0 Å². The number of aromatic amines is 1. The second-order valence-corrected chi connectivity index (χ2v) is 6.91. The Morgan fingerprint density at radius 3 is 2.81 bits per heavy atom. The lowest BCUT2D eigenvalue weighted by Crippen LogP contribution is -2.47. The molecule has 0 saturated heterocycles. The van der Waals surface area contributed by atoms with Gasteiger partial charge in [0.15, 0.2) is 0 Å². The summed E-state index contributed by atoms with van der Waals surface area (Å²) < 4.78 is 0. The lowest BCUT2D eigenvalue weighted by atomic mass is 9.99. The first kappa shape index (κ1) is 16.8. The van der Waals surface area contributed by atoms with Crippen molar-refractivity contribution in [1.82, 2.24) is 20.2 Å². The molecule has 0 fully saturated rings. The maximum absolute atomic E-state index is 12.5. The molecule has 26 heavy (non-hydrogen) atoms. The smallest absolute Gasteiger partial charge is 0.237 e. The van der Waals surface area contributed by atoms with Crippen LogP contribution in [0.25, 0.3) is 11.0 Å². The highest BCUT2D eigenvalue weighted by Gasteiger charge is 2.24. The van der Waals surface area contributed by atoms with Gasteiger partial charge in [-0.05, 0) is 36.6 Å². The second kappa shape index (κ2) is 7.30. The van der Waals surface area contributed by atoms with Crippen molar-refractivity contribution in [3.05, 3.63) is 65.5 Å². The fraction of sp³-hybridized carbons (Fsp3) is 0.333. The van der Waals surface area contributed by atoms with Crippen molar-refractivity contribution in [2.45, 2.75) is 32.4 Å². The lowest BCUT2D eigenvalue weighted by Gasteiger charge is -2.32. The maximum Gasteiger partial charge on any atom is 0.237 e. The molecule has 2 aromatic carbocycles. The normalized spacial score (nSPS) is 15.6. The van der Waals surface area contributed by atoms with Crippen LogP contribution in [0.5, 0.6) is 0 Å². The summed E-state index contributed by atoms with van der Waals surface area (Å²) >= 11 is 0. The van der Waals surface area contributed by atoms with E-state index in [9.17, 15) is 4.79 Å². The van der Waals surface area contributed by atoms with Gasteiger partial charge < -0.3 is 10.3 Å². The molecule has 4 rings (SSSR count). The van der Waals surface area contributed by atoms with Crippen LogP contribution in [0.15, 0.2) is 48.5 Å². The SMILES string of the molecule is C[C@@H](C(=O)NCCc1nc2ccccc2[nH]1)N1CCc2ccccc2C1. The van der Waals surface area contributed by atoms with Crippen LogP contribution >= 0.6 is 0 Å². The number of amides is 1. The van der Waals surface area contributed by atoms with E-state index in [-0.39, 0.29) is 11.9 Å². The number of imidazole rings is 1. The van der Waals surface area contributed by atoms with Gasteiger partial charge in [0.25, 0.3) is 0 Å². The van der Waals surface area contributed by atoms with Crippen LogP contribution < -0.4 is 5.32 Å². The summed E-state index contributed by atoms with van der Waals surface area (Å²) in [6, 6.07) is 16.4. The lowest BCUT2D eigenvalue weighted by molar-refractivity contribution is -0.126. The molecule has 1 aliphatic heterocycles. The molecule has 5 heteroatoms. The van der Waals surface area contributed by atoms with Gasteiger partial charge in [-0.1, -0.05) is 36.4 Å². The minimum Gasteiger partial charge on any atom is -0.354 e. The first-order valence-electron chi connectivity index (χ1n) is 9.23. The molecule has 1 aromatic heterocycles. The van der Waals surface area contributed by atoms with Gasteiger partial charge in [0, 0.05) is 26.1 Å². The zero-order chi connectivity index (χ0) is 17.9. The molecule has 134 valence electrons. The minimum atomic E-state index is -0.126. The number of para-hydroxylation sites is 2. The number of H-pyrrole nitrogens is 1. The van der Waals surface area contributed by atoms with Crippen LogP contribution in [-0.2, 0) is 24.2 Å². The summed E-state index contributed by atoms with van der Waals surface area (Å²) in [4.78, 5) is 22.6. The monoisotopic (exact) mass is 348 g/mol. The van der Waals surface area contributed by atoms with E-state index in [1.165, 1.54) is 11.1 Å². The van der Waals surface area contributed by atoms with E-state index in [1.807, 2.05) is 31.2 Å². The Labute approximate surface area is 153 Å². The predicted molar refractivity (Wildman–Crippen MR) is 103 cm³/mol. The average Bonchev–Trinajstić information content (AvgIpc) is 3.09. The van der Waals surface area contributed by atoms with Crippen LogP contribution in [-0.4, -0.2) is 39.9 Å². The molecule has 0 saturated carbocycles. The summed E-state index contributed by atoms with van der Waals surface area (Å²) in [5.41, 5.74) is 4.74. The van der Waals surface area contributed by atoms with Crippen LogP contribution in [0, 0.1) is 0 Å². The number of rotatable bonds is 5. The number of fused-ring (bicyclic) bond motifs is 2. The van der Waals surface area contributed by atoms with E-state index >= 15 is 0 Å². The highest BCUT2D eigenvalue weighted by molar-refractivity contribution is 5.81. The molecule has 2 heterocycles. The van der Waals surface area contributed by atoms with E-state index in [4.69, 9.17) is 0 Å². The number of carbonyl (C=O) groups excluding carboxylic acids is 1. The van der Waals surface area contributed by atoms with Crippen molar-refractivity contribution in [2.24, 2.45) is 0 Å². The van der Waals surface area contributed by atoms with Gasteiger partial charge in [-0.25, -0.2) is 4.98 Å².